The fourth-order valence-electron chi connectivity index (χ4n) is 10.8. The van der Waals surface area contributed by atoms with E-state index in [2.05, 4.69) is 278 Å². The molecule has 0 radical (unpaired) electrons. The van der Waals surface area contributed by atoms with Crippen LogP contribution in [0.15, 0.2) is 273 Å². The minimum Gasteiger partial charge on any atom is -0.309 e. The molecular weight excluding hydrogens is 795 g/mol. The molecule has 0 amide bonds. The largest absolute Gasteiger partial charge is 0.309 e. The summed E-state index contributed by atoms with van der Waals surface area (Å²) in [6.45, 7) is 0. The summed E-state index contributed by atoms with van der Waals surface area (Å²) in [4.78, 5) is 2.55. The zero-order chi connectivity index (χ0) is 43.9. The second-order valence-electron chi connectivity index (χ2n) is 17.1. The highest BCUT2D eigenvalue weighted by molar-refractivity contribution is 6.03. The van der Waals surface area contributed by atoms with Crippen LogP contribution in [0.2, 0.25) is 0 Å². The highest BCUT2D eigenvalue weighted by Gasteiger charge is 2.47. The first kappa shape index (κ1) is 39.1. The summed E-state index contributed by atoms with van der Waals surface area (Å²) in [5.74, 6) is 0. The monoisotopic (exact) mass is 839 g/mol. The first-order valence-electron chi connectivity index (χ1n) is 22.8. The van der Waals surface area contributed by atoms with Gasteiger partial charge in [-0.05, 0) is 90.2 Å². The van der Waals surface area contributed by atoms with E-state index in [1.165, 1.54) is 72.0 Å². The number of fused-ring (bicyclic) bond motifs is 4. The molecule has 0 aromatic heterocycles. The Morgan fingerprint density at radius 2 is 0.667 bits per heavy atom. The molecule has 0 unspecified atom stereocenters. The summed E-state index contributed by atoms with van der Waals surface area (Å²) in [7, 11) is 0. The first-order valence-corrected chi connectivity index (χ1v) is 22.8. The van der Waals surface area contributed by atoms with E-state index in [4.69, 9.17) is 0 Å². The number of anilines is 3. The molecular formula is C65H45N. The summed E-state index contributed by atoms with van der Waals surface area (Å²) in [6.07, 6.45) is 0. The zero-order valence-electron chi connectivity index (χ0n) is 36.4. The van der Waals surface area contributed by atoms with Crippen LogP contribution < -0.4 is 4.90 Å². The smallest absolute Gasteiger partial charge is 0.0714 e. The van der Waals surface area contributed by atoms with Crippen molar-refractivity contribution in [3.05, 3.63) is 295 Å². The van der Waals surface area contributed by atoms with E-state index < -0.39 is 5.41 Å². The first-order chi connectivity index (χ1) is 32.8. The second-order valence-corrected chi connectivity index (χ2v) is 17.1. The van der Waals surface area contributed by atoms with Gasteiger partial charge in [-0.3, -0.25) is 0 Å². The Kier molecular flexibility index (Phi) is 9.81. The molecule has 0 spiro atoms. The Hall–Kier alpha value is -8.52. The number of hydrogen-bond acceptors (Lipinski definition) is 1. The molecule has 0 N–H and O–H groups in total. The lowest BCUT2D eigenvalue weighted by Gasteiger charge is -2.35. The Morgan fingerprint density at radius 3 is 1.36 bits per heavy atom. The highest BCUT2D eigenvalue weighted by atomic mass is 15.2. The van der Waals surface area contributed by atoms with Crippen LogP contribution in [-0.4, -0.2) is 0 Å². The van der Waals surface area contributed by atoms with E-state index in [0.29, 0.717) is 0 Å². The summed E-state index contributed by atoms with van der Waals surface area (Å²) in [5.41, 5.74) is 19.7. The number of hydrogen-bond donors (Lipinski definition) is 0. The molecule has 310 valence electrons. The van der Waals surface area contributed by atoms with Gasteiger partial charge < -0.3 is 4.90 Å². The molecule has 1 aliphatic carbocycles. The van der Waals surface area contributed by atoms with Crippen molar-refractivity contribution < 1.29 is 0 Å². The molecule has 0 fully saturated rings. The molecule has 11 aromatic rings. The van der Waals surface area contributed by atoms with Crippen molar-refractivity contribution in [2.24, 2.45) is 0 Å². The fraction of sp³-hybridized carbons (Fsp3) is 0.0154. The van der Waals surface area contributed by atoms with Crippen molar-refractivity contribution in [1.29, 1.82) is 0 Å². The zero-order valence-corrected chi connectivity index (χ0v) is 36.4. The van der Waals surface area contributed by atoms with Gasteiger partial charge >= 0.3 is 0 Å². The van der Waals surface area contributed by atoms with Gasteiger partial charge in [0.2, 0.25) is 0 Å². The Morgan fingerprint density at radius 1 is 0.242 bits per heavy atom. The lowest BCUT2D eigenvalue weighted by molar-refractivity contribution is 0.768. The number of benzene rings is 11. The van der Waals surface area contributed by atoms with Crippen LogP contribution in [0.25, 0.3) is 66.4 Å². The quantitative estimate of drug-likeness (QED) is 0.140. The van der Waals surface area contributed by atoms with Gasteiger partial charge in [0.25, 0.3) is 0 Å². The molecule has 66 heavy (non-hydrogen) atoms. The molecule has 11 aromatic carbocycles. The van der Waals surface area contributed by atoms with Crippen LogP contribution in [0.4, 0.5) is 17.1 Å². The summed E-state index contributed by atoms with van der Waals surface area (Å²) in [6, 6.07) is 100. The lowest BCUT2D eigenvalue weighted by atomic mass is 9.68. The van der Waals surface area contributed by atoms with Crippen molar-refractivity contribution in [3.63, 3.8) is 0 Å². The van der Waals surface area contributed by atoms with Crippen LogP contribution >= 0.6 is 0 Å². The predicted molar refractivity (Wildman–Crippen MR) is 278 cm³/mol. The van der Waals surface area contributed by atoms with Gasteiger partial charge in [-0.15, -0.1) is 0 Å². The van der Waals surface area contributed by atoms with Crippen molar-refractivity contribution in [3.8, 4) is 55.6 Å². The molecule has 1 heteroatoms. The van der Waals surface area contributed by atoms with Gasteiger partial charge in [0, 0.05) is 16.7 Å². The summed E-state index contributed by atoms with van der Waals surface area (Å²) < 4.78 is 0. The Balaban J connectivity index is 1.13. The third-order valence-electron chi connectivity index (χ3n) is 13.6. The second kappa shape index (κ2) is 16.6. The lowest BCUT2D eigenvalue weighted by Crippen LogP contribution is -2.28. The van der Waals surface area contributed by atoms with E-state index in [-0.39, 0.29) is 0 Å². The highest BCUT2D eigenvalue weighted by Crippen LogP contribution is 2.60. The molecule has 1 aliphatic rings. The van der Waals surface area contributed by atoms with Gasteiger partial charge in [0.1, 0.15) is 0 Å². The molecule has 0 atom stereocenters. The maximum atomic E-state index is 2.55. The number of nitrogens with zero attached hydrogens (tertiary/aromatic N) is 1. The maximum absolute atomic E-state index is 2.55. The Bertz CT molecular complexity index is 3470. The third kappa shape index (κ3) is 6.39. The SMILES string of the molecule is c1ccc(-c2ccccc2-c2ccccc2N(c2ccccc2-c2ccc(-c3cccc4ccccc34)cc2)c2cccc3c2-c2ccccc2C3(c2ccccc2)c2ccccc2)cc1. The van der Waals surface area contributed by atoms with Crippen molar-refractivity contribution in [2.75, 3.05) is 4.90 Å². The van der Waals surface area contributed by atoms with Crippen LogP contribution in [0.1, 0.15) is 22.3 Å². The van der Waals surface area contributed by atoms with Gasteiger partial charge in [-0.25, -0.2) is 0 Å². The predicted octanol–water partition coefficient (Wildman–Crippen LogP) is 17.3. The molecule has 1 nitrogen and oxygen atoms in total. The van der Waals surface area contributed by atoms with Gasteiger partial charge in [-0.1, -0.05) is 255 Å². The van der Waals surface area contributed by atoms with Crippen LogP contribution in [-0.2, 0) is 5.41 Å². The minimum absolute atomic E-state index is 0.549. The fourth-order valence-corrected chi connectivity index (χ4v) is 10.8. The van der Waals surface area contributed by atoms with Crippen LogP contribution in [0.5, 0.6) is 0 Å². The number of para-hydroxylation sites is 2. The van der Waals surface area contributed by atoms with Crippen molar-refractivity contribution in [2.45, 2.75) is 5.41 Å². The Labute approximate surface area is 387 Å². The van der Waals surface area contributed by atoms with Crippen molar-refractivity contribution in [1.82, 2.24) is 0 Å². The summed E-state index contributed by atoms with van der Waals surface area (Å²) >= 11 is 0. The molecule has 0 saturated heterocycles. The standard InChI is InChI=1S/C65H45N/c1-4-22-46(23-5-1)54-31-12-13-33-56(54)57-34-16-19-40-62(57)66(61-39-18-15-32-55(61)49-44-42-48(43-45-49)53-36-20-25-47-24-10-11-30-52(47)53)63-41-21-38-60-64(63)58-35-14-17-37-59(58)65(60,50-26-6-2-7-27-50)51-28-8-3-9-29-51/h1-45H. The van der Waals surface area contributed by atoms with Gasteiger partial charge in [-0.2, -0.15) is 0 Å². The van der Waals surface area contributed by atoms with Gasteiger partial charge in [0.15, 0.2) is 0 Å². The van der Waals surface area contributed by atoms with E-state index in [9.17, 15) is 0 Å². The molecule has 0 saturated carbocycles. The van der Waals surface area contributed by atoms with E-state index in [1.807, 2.05) is 0 Å². The molecule has 0 heterocycles. The minimum atomic E-state index is -0.549. The van der Waals surface area contributed by atoms with E-state index in [1.54, 1.807) is 0 Å². The molecule has 0 aliphatic heterocycles. The van der Waals surface area contributed by atoms with E-state index in [0.717, 1.165) is 33.8 Å². The topological polar surface area (TPSA) is 3.24 Å². The van der Waals surface area contributed by atoms with Crippen LogP contribution in [0, 0.1) is 0 Å². The van der Waals surface area contributed by atoms with Crippen molar-refractivity contribution >= 4 is 27.8 Å². The average molecular weight is 840 g/mol. The maximum Gasteiger partial charge on any atom is 0.0714 e. The number of rotatable bonds is 9. The van der Waals surface area contributed by atoms with Gasteiger partial charge in [0.05, 0.1) is 22.5 Å². The molecule has 12 rings (SSSR count). The van der Waals surface area contributed by atoms with E-state index >= 15 is 0 Å². The molecule has 0 bridgehead atoms. The van der Waals surface area contributed by atoms with Crippen LogP contribution in [0.3, 0.4) is 0 Å². The summed E-state index contributed by atoms with van der Waals surface area (Å²) in [5, 5.41) is 2.50. The average Bonchev–Trinajstić information content (AvgIpc) is 3.71. The third-order valence-corrected chi connectivity index (χ3v) is 13.6. The normalized spacial score (nSPS) is 12.4.